The Morgan fingerprint density at radius 3 is 2.69 bits per heavy atom. The third kappa shape index (κ3) is 3.63. The van der Waals surface area contributed by atoms with Gasteiger partial charge in [-0.2, -0.15) is 0 Å². The van der Waals surface area contributed by atoms with Gasteiger partial charge in [-0.1, -0.05) is 0 Å². The number of rotatable bonds is 2. The summed E-state index contributed by atoms with van der Waals surface area (Å²) in [4.78, 5) is 21.6. The van der Waals surface area contributed by atoms with Crippen molar-refractivity contribution in [1.82, 2.24) is 14.8 Å². The van der Waals surface area contributed by atoms with Gasteiger partial charge in [-0.15, -0.1) is 0 Å². The van der Waals surface area contributed by atoms with Gasteiger partial charge in [-0.05, 0) is 44.7 Å². The molecule has 0 bridgehead atoms. The molecule has 0 N–H and O–H groups in total. The Bertz CT molecular complexity index is 637. The first-order valence-electron chi connectivity index (χ1n) is 9.84. The van der Waals surface area contributed by atoms with E-state index in [0.717, 1.165) is 82.9 Å². The zero-order chi connectivity index (χ0) is 18.0. The van der Waals surface area contributed by atoms with Gasteiger partial charge in [0.25, 0.3) is 5.91 Å². The second kappa shape index (κ2) is 7.62. The number of amides is 1. The summed E-state index contributed by atoms with van der Waals surface area (Å²) < 4.78 is 11.8. The molecule has 3 aliphatic rings. The molecule has 1 aromatic rings. The van der Waals surface area contributed by atoms with Crippen LogP contribution in [0, 0.1) is 6.92 Å². The molecular formula is C20H29N3O3. The van der Waals surface area contributed by atoms with Crippen molar-refractivity contribution in [1.29, 1.82) is 0 Å². The maximum atomic E-state index is 12.8. The number of ether oxygens (including phenoxy) is 2. The Hall–Kier alpha value is -1.50. The molecule has 0 saturated carbocycles. The first-order chi connectivity index (χ1) is 12.7. The van der Waals surface area contributed by atoms with Crippen LogP contribution in [0.5, 0.6) is 0 Å². The van der Waals surface area contributed by atoms with Crippen LogP contribution >= 0.6 is 0 Å². The third-order valence-corrected chi connectivity index (χ3v) is 6.23. The lowest BCUT2D eigenvalue weighted by atomic mass is 9.81. The Labute approximate surface area is 155 Å². The van der Waals surface area contributed by atoms with E-state index in [1.807, 2.05) is 24.0 Å². The summed E-state index contributed by atoms with van der Waals surface area (Å²) >= 11 is 0. The average molecular weight is 359 g/mol. The summed E-state index contributed by atoms with van der Waals surface area (Å²) in [5, 5.41) is 0. The van der Waals surface area contributed by atoms with Gasteiger partial charge < -0.3 is 14.4 Å². The molecule has 6 nitrogen and oxygen atoms in total. The lowest BCUT2D eigenvalue weighted by Gasteiger charge is -2.49. The van der Waals surface area contributed by atoms with Gasteiger partial charge in [0.1, 0.15) is 0 Å². The van der Waals surface area contributed by atoms with Gasteiger partial charge in [-0.25, -0.2) is 0 Å². The van der Waals surface area contributed by atoms with E-state index in [2.05, 4.69) is 9.88 Å². The standard InChI is InChI=1S/C20H29N3O3/c1-16-18(3-2-7-21-16)19(24)23-8-5-20(6-9-23)15-17(4-12-26-20)22-10-13-25-14-11-22/h2-3,7,17H,4-6,8-15H2,1H3. The number of morpholine rings is 1. The second-order valence-corrected chi connectivity index (χ2v) is 7.76. The summed E-state index contributed by atoms with van der Waals surface area (Å²) in [7, 11) is 0. The number of likely N-dealkylation sites (tertiary alicyclic amines) is 1. The molecule has 0 aromatic carbocycles. The summed E-state index contributed by atoms with van der Waals surface area (Å²) in [6.45, 7) is 8.02. The maximum absolute atomic E-state index is 12.8. The molecule has 4 rings (SSSR count). The molecule has 0 radical (unpaired) electrons. The predicted molar refractivity (Wildman–Crippen MR) is 98.2 cm³/mol. The fourth-order valence-corrected chi connectivity index (χ4v) is 4.60. The summed E-state index contributed by atoms with van der Waals surface area (Å²) in [5.41, 5.74) is 1.47. The van der Waals surface area contributed by atoms with E-state index >= 15 is 0 Å². The molecular weight excluding hydrogens is 330 g/mol. The van der Waals surface area contributed by atoms with E-state index in [9.17, 15) is 4.79 Å². The summed E-state index contributed by atoms with van der Waals surface area (Å²) in [5.74, 6) is 0.103. The van der Waals surface area contributed by atoms with E-state index in [0.29, 0.717) is 6.04 Å². The number of aryl methyl sites for hydroxylation is 1. The average Bonchev–Trinajstić information content (AvgIpc) is 2.69. The van der Waals surface area contributed by atoms with Crippen molar-refractivity contribution >= 4 is 5.91 Å². The van der Waals surface area contributed by atoms with Gasteiger partial charge in [0.15, 0.2) is 0 Å². The van der Waals surface area contributed by atoms with Crippen LogP contribution in [0.2, 0.25) is 0 Å². The molecule has 0 aliphatic carbocycles. The second-order valence-electron chi connectivity index (χ2n) is 7.76. The fourth-order valence-electron chi connectivity index (χ4n) is 4.60. The number of pyridine rings is 1. The van der Waals surface area contributed by atoms with Crippen molar-refractivity contribution in [3.63, 3.8) is 0 Å². The highest BCUT2D eigenvalue weighted by atomic mass is 16.5. The zero-order valence-electron chi connectivity index (χ0n) is 15.7. The number of aromatic nitrogens is 1. The number of carbonyl (C=O) groups is 1. The summed E-state index contributed by atoms with van der Waals surface area (Å²) in [6, 6.07) is 4.30. The molecule has 142 valence electrons. The van der Waals surface area contributed by atoms with Gasteiger partial charge >= 0.3 is 0 Å². The highest BCUT2D eigenvalue weighted by Gasteiger charge is 2.42. The SMILES string of the molecule is Cc1ncccc1C(=O)N1CCC2(CC1)CC(N1CCOCC1)CCO2. The van der Waals surface area contributed by atoms with Crippen LogP contribution in [0.25, 0.3) is 0 Å². The molecule has 4 heterocycles. The molecule has 1 aromatic heterocycles. The topological polar surface area (TPSA) is 54.9 Å². The van der Waals surface area contributed by atoms with E-state index in [1.165, 1.54) is 0 Å². The molecule has 1 amide bonds. The number of nitrogens with zero attached hydrogens (tertiary/aromatic N) is 3. The maximum Gasteiger partial charge on any atom is 0.255 e. The minimum absolute atomic E-state index is 0.0536. The molecule has 3 saturated heterocycles. The monoisotopic (exact) mass is 359 g/mol. The van der Waals surface area contributed by atoms with E-state index < -0.39 is 0 Å². The van der Waals surface area contributed by atoms with Crippen LogP contribution in [0.3, 0.4) is 0 Å². The molecule has 3 aliphatic heterocycles. The van der Waals surface area contributed by atoms with Crippen molar-refractivity contribution < 1.29 is 14.3 Å². The van der Waals surface area contributed by atoms with E-state index in [-0.39, 0.29) is 11.5 Å². The van der Waals surface area contributed by atoms with E-state index in [4.69, 9.17) is 9.47 Å². The number of carbonyl (C=O) groups excluding carboxylic acids is 1. The quantitative estimate of drug-likeness (QED) is 0.807. The lowest BCUT2D eigenvalue weighted by molar-refractivity contribution is -0.136. The van der Waals surface area contributed by atoms with Gasteiger partial charge in [-0.3, -0.25) is 14.7 Å². The molecule has 6 heteroatoms. The van der Waals surface area contributed by atoms with Gasteiger partial charge in [0, 0.05) is 50.7 Å². The molecule has 1 spiro atoms. The minimum Gasteiger partial charge on any atom is -0.379 e. The highest BCUT2D eigenvalue weighted by molar-refractivity contribution is 5.95. The van der Waals surface area contributed by atoms with Gasteiger partial charge in [0.2, 0.25) is 0 Å². The largest absolute Gasteiger partial charge is 0.379 e. The van der Waals surface area contributed by atoms with Crippen molar-refractivity contribution in [3.8, 4) is 0 Å². The minimum atomic E-state index is -0.0536. The normalized spacial score (nSPS) is 26.8. The van der Waals surface area contributed by atoms with Crippen molar-refractivity contribution in [2.24, 2.45) is 0 Å². The van der Waals surface area contributed by atoms with Crippen LogP contribution in [-0.4, -0.2) is 78.3 Å². The van der Waals surface area contributed by atoms with Crippen molar-refractivity contribution in [3.05, 3.63) is 29.6 Å². The number of hydrogen-bond donors (Lipinski definition) is 0. The van der Waals surface area contributed by atoms with Crippen LogP contribution in [0.4, 0.5) is 0 Å². The molecule has 1 atom stereocenters. The molecule has 26 heavy (non-hydrogen) atoms. The Kier molecular flexibility index (Phi) is 5.25. The first-order valence-corrected chi connectivity index (χ1v) is 9.84. The third-order valence-electron chi connectivity index (χ3n) is 6.23. The number of piperidine rings is 1. The van der Waals surface area contributed by atoms with Crippen LogP contribution in [0.15, 0.2) is 18.3 Å². The highest BCUT2D eigenvalue weighted by Crippen LogP contribution is 2.37. The van der Waals surface area contributed by atoms with Crippen LogP contribution in [0.1, 0.15) is 41.7 Å². The smallest absolute Gasteiger partial charge is 0.255 e. The fraction of sp³-hybridized carbons (Fsp3) is 0.700. The molecule has 3 fully saturated rings. The van der Waals surface area contributed by atoms with Crippen LogP contribution in [-0.2, 0) is 9.47 Å². The summed E-state index contributed by atoms with van der Waals surface area (Å²) in [6.07, 6.45) is 5.79. The van der Waals surface area contributed by atoms with E-state index in [1.54, 1.807) is 6.20 Å². The molecule has 1 unspecified atom stereocenters. The lowest BCUT2D eigenvalue weighted by Crippen LogP contribution is -2.55. The van der Waals surface area contributed by atoms with Crippen LogP contribution < -0.4 is 0 Å². The van der Waals surface area contributed by atoms with Crippen molar-refractivity contribution in [2.45, 2.75) is 44.2 Å². The Morgan fingerprint density at radius 2 is 1.96 bits per heavy atom. The first kappa shape index (κ1) is 17.9. The van der Waals surface area contributed by atoms with Gasteiger partial charge in [0.05, 0.1) is 24.4 Å². The number of hydrogen-bond acceptors (Lipinski definition) is 5. The zero-order valence-corrected chi connectivity index (χ0v) is 15.7. The Morgan fingerprint density at radius 1 is 1.19 bits per heavy atom. The predicted octanol–water partition coefficient (Wildman–Crippen LogP) is 1.88. The Balaban J connectivity index is 1.38. The van der Waals surface area contributed by atoms with Crippen molar-refractivity contribution in [2.75, 3.05) is 46.0 Å².